The Bertz CT molecular complexity index is 1600. The highest BCUT2D eigenvalue weighted by Crippen LogP contribution is 2.37. The van der Waals surface area contributed by atoms with Gasteiger partial charge in [0.25, 0.3) is 0 Å². The molecule has 0 fully saturated rings. The summed E-state index contributed by atoms with van der Waals surface area (Å²) in [5.41, 5.74) is 3.94. The van der Waals surface area contributed by atoms with E-state index in [1.54, 1.807) is 12.3 Å². The van der Waals surface area contributed by atoms with Gasteiger partial charge in [0.1, 0.15) is 23.5 Å². The van der Waals surface area contributed by atoms with Crippen molar-refractivity contribution in [3.05, 3.63) is 93.9 Å². The molecule has 0 unspecified atom stereocenters. The summed E-state index contributed by atoms with van der Waals surface area (Å²) in [5.74, 6) is 1.04. The molecule has 5 aromatic rings. The number of imidazole rings is 1. The Kier molecular flexibility index (Phi) is 6.12. The molecule has 172 valence electrons. The summed E-state index contributed by atoms with van der Waals surface area (Å²) < 4.78 is 14.4. The zero-order valence-corrected chi connectivity index (χ0v) is 20.7. The molecule has 9 heteroatoms. The normalized spacial score (nSPS) is 10.8. The number of benzene rings is 3. The van der Waals surface area contributed by atoms with Gasteiger partial charge in [0.2, 0.25) is 0 Å². The number of nitriles is 1. The van der Waals surface area contributed by atoms with Crippen LogP contribution >= 0.6 is 27.5 Å². The van der Waals surface area contributed by atoms with Crippen LogP contribution in [0.15, 0.2) is 77.5 Å². The Morgan fingerprint density at radius 3 is 2.63 bits per heavy atom. The minimum atomic E-state index is -0.515. The van der Waals surface area contributed by atoms with E-state index in [-0.39, 0.29) is 5.02 Å². The molecule has 5 rings (SSSR count). The number of rotatable bonds is 5. The average Bonchev–Trinajstić information content (AvgIpc) is 3.37. The molecule has 0 aliphatic rings. The second-order valence-corrected chi connectivity index (χ2v) is 9.04. The molecule has 3 aromatic carbocycles. The highest BCUT2D eigenvalue weighted by atomic mass is 79.9. The number of anilines is 4. The first kappa shape index (κ1) is 22.8. The van der Waals surface area contributed by atoms with Crippen molar-refractivity contribution in [2.24, 2.45) is 0 Å². The lowest BCUT2D eigenvalue weighted by atomic mass is 10.1. The molecule has 6 nitrogen and oxygen atoms in total. The van der Waals surface area contributed by atoms with E-state index in [0.717, 1.165) is 27.4 Å². The molecule has 2 aromatic heterocycles. The molecular formula is C26H17BrClFN6. The Morgan fingerprint density at radius 1 is 1.09 bits per heavy atom. The summed E-state index contributed by atoms with van der Waals surface area (Å²) in [6, 6.07) is 20.2. The number of hydrogen-bond acceptors (Lipinski definition) is 5. The van der Waals surface area contributed by atoms with Gasteiger partial charge in [-0.05, 0) is 46.3 Å². The lowest BCUT2D eigenvalue weighted by molar-refractivity contribution is 0.628. The predicted octanol–water partition coefficient (Wildman–Crippen LogP) is 7.56. The fourth-order valence-corrected chi connectivity index (χ4v) is 4.47. The molecule has 0 spiro atoms. The summed E-state index contributed by atoms with van der Waals surface area (Å²) in [6.45, 7) is 0. The average molecular weight is 548 g/mol. The Balaban J connectivity index is 1.59. The van der Waals surface area contributed by atoms with Crippen LogP contribution in [-0.2, 0) is 0 Å². The van der Waals surface area contributed by atoms with Crippen molar-refractivity contribution in [1.29, 1.82) is 5.26 Å². The highest BCUT2D eigenvalue weighted by Gasteiger charge is 2.16. The Morgan fingerprint density at radius 2 is 1.89 bits per heavy atom. The minimum absolute atomic E-state index is 0.0121. The van der Waals surface area contributed by atoms with E-state index in [0.29, 0.717) is 27.8 Å². The molecule has 2 heterocycles. The number of halogens is 3. The van der Waals surface area contributed by atoms with Gasteiger partial charge in [-0.3, -0.25) is 4.98 Å². The van der Waals surface area contributed by atoms with Crippen molar-refractivity contribution >= 4 is 61.3 Å². The minimum Gasteiger partial charge on any atom is -0.354 e. The number of hydrogen-bond donors (Lipinski definition) is 2. The zero-order chi connectivity index (χ0) is 24.5. The Hall–Kier alpha value is -3.93. The van der Waals surface area contributed by atoms with Gasteiger partial charge < -0.3 is 15.2 Å². The number of aromatic nitrogens is 3. The highest BCUT2D eigenvalue weighted by molar-refractivity contribution is 9.10. The third-order valence-electron chi connectivity index (χ3n) is 5.58. The smallest absolute Gasteiger partial charge is 0.141 e. The van der Waals surface area contributed by atoms with Gasteiger partial charge >= 0.3 is 0 Å². The van der Waals surface area contributed by atoms with Crippen molar-refractivity contribution in [3.8, 4) is 17.5 Å². The number of aromatic amines is 1. The van der Waals surface area contributed by atoms with E-state index < -0.39 is 5.82 Å². The van der Waals surface area contributed by atoms with Crippen LogP contribution in [0, 0.1) is 17.1 Å². The molecule has 35 heavy (non-hydrogen) atoms. The van der Waals surface area contributed by atoms with Gasteiger partial charge in [-0.1, -0.05) is 41.9 Å². The van der Waals surface area contributed by atoms with Gasteiger partial charge in [0.15, 0.2) is 0 Å². The summed E-state index contributed by atoms with van der Waals surface area (Å²) in [5, 5.41) is 13.7. The van der Waals surface area contributed by atoms with Crippen LogP contribution in [-0.4, -0.2) is 22.0 Å². The summed E-state index contributed by atoms with van der Waals surface area (Å²) in [7, 11) is 1.92. The lowest BCUT2D eigenvalue weighted by Crippen LogP contribution is -2.10. The third-order valence-corrected chi connectivity index (χ3v) is 6.47. The molecule has 2 N–H and O–H groups in total. The van der Waals surface area contributed by atoms with E-state index >= 15 is 0 Å². The standard InChI is InChI=1S/C26H17BrClFN6/c1-35(23-14-32-26(34-23)15-5-3-2-4-6-15)18-10-19-24(33-17-7-8-22(29)21(28)9-17)16(12-30)13-31-25(19)20(27)11-18/h2-11,13-14H,1H3,(H,31,33)(H,32,34). The molecule has 0 saturated carbocycles. The molecule has 0 amide bonds. The van der Waals surface area contributed by atoms with Gasteiger partial charge in [-0.2, -0.15) is 5.26 Å². The lowest BCUT2D eigenvalue weighted by Gasteiger charge is -2.20. The van der Waals surface area contributed by atoms with Crippen LogP contribution in [0.4, 0.5) is 27.3 Å². The zero-order valence-electron chi connectivity index (χ0n) is 18.4. The molecule has 0 saturated heterocycles. The van der Waals surface area contributed by atoms with Gasteiger partial charge in [0.05, 0.1) is 28.0 Å². The fraction of sp³-hybridized carbons (Fsp3) is 0.0385. The monoisotopic (exact) mass is 546 g/mol. The molecule has 0 aliphatic heterocycles. The summed E-state index contributed by atoms with van der Waals surface area (Å²) >= 11 is 9.58. The summed E-state index contributed by atoms with van der Waals surface area (Å²) in [4.78, 5) is 14.3. The van der Waals surface area contributed by atoms with Gasteiger partial charge in [0, 0.05) is 40.0 Å². The number of fused-ring (bicyclic) bond motifs is 1. The summed E-state index contributed by atoms with van der Waals surface area (Å²) in [6.07, 6.45) is 3.27. The fourth-order valence-electron chi connectivity index (χ4n) is 3.74. The number of H-pyrrole nitrogens is 1. The van der Waals surface area contributed by atoms with E-state index in [1.807, 2.05) is 54.4 Å². The van der Waals surface area contributed by atoms with Gasteiger partial charge in [-0.15, -0.1) is 0 Å². The first-order chi connectivity index (χ1) is 16.9. The van der Waals surface area contributed by atoms with Crippen LogP contribution in [0.2, 0.25) is 5.02 Å². The second-order valence-electron chi connectivity index (χ2n) is 7.78. The molecule has 0 bridgehead atoms. The van der Waals surface area contributed by atoms with Crippen LogP contribution in [0.3, 0.4) is 0 Å². The quantitative estimate of drug-likeness (QED) is 0.237. The maximum Gasteiger partial charge on any atom is 0.141 e. The van der Waals surface area contributed by atoms with Crippen molar-refractivity contribution in [1.82, 2.24) is 15.0 Å². The van der Waals surface area contributed by atoms with Crippen LogP contribution in [0.1, 0.15) is 5.56 Å². The van der Waals surface area contributed by atoms with Crippen LogP contribution in [0.5, 0.6) is 0 Å². The molecule has 0 aliphatic carbocycles. The van der Waals surface area contributed by atoms with E-state index in [9.17, 15) is 9.65 Å². The molecule has 0 radical (unpaired) electrons. The number of pyridine rings is 1. The van der Waals surface area contributed by atoms with Crippen molar-refractivity contribution in [2.75, 3.05) is 17.3 Å². The third kappa shape index (κ3) is 4.44. The van der Waals surface area contributed by atoms with Crippen molar-refractivity contribution in [2.45, 2.75) is 0 Å². The predicted molar refractivity (Wildman–Crippen MR) is 141 cm³/mol. The first-order valence-corrected chi connectivity index (χ1v) is 11.7. The maximum absolute atomic E-state index is 13.7. The van der Waals surface area contributed by atoms with E-state index in [2.05, 4.69) is 42.3 Å². The van der Waals surface area contributed by atoms with Crippen LogP contribution in [0.25, 0.3) is 22.3 Å². The maximum atomic E-state index is 13.7. The SMILES string of the molecule is CN(c1cc(Br)c2ncc(C#N)c(Nc3ccc(F)c(Cl)c3)c2c1)c1cnc(-c2ccccc2)[nH]1. The second kappa shape index (κ2) is 9.37. The topological polar surface area (TPSA) is 80.6 Å². The number of nitrogens with one attached hydrogen (secondary N) is 2. The van der Waals surface area contributed by atoms with E-state index in [4.69, 9.17) is 11.6 Å². The molecular weight excluding hydrogens is 531 g/mol. The van der Waals surface area contributed by atoms with Crippen molar-refractivity contribution in [3.63, 3.8) is 0 Å². The van der Waals surface area contributed by atoms with Gasteiger partial charge in [-0.25, -0.2) is 9.37 Å². The Labute approximate surface area is 214 Å². The first-order valence-electron chi connectivity index (χ1n) is 10.5. The number of nitrogens with zero attached hydrogens (tertiary/aromatic N) is 4. The van der Waals surface area contributed by atoms with Crippen molar-refractivity contribution < 1.29 is 4.39 Å². The molecule has 0 atom stereocenters. The van der Waals surface area contributed by atoms with E-state index in [1.165, 1.54) is 18.3 Å². The van der Waals surface area contributed by atoms with Crippen LogP contribution < -0.4 is 10.2 Å². The largest absolute Gasteiger partial charge is 0.354 e.